The molecule has 0 aliphatic heterocycles. The second-order valence-corrected chi connectivity index (χ2v) is 7.20. The number of nitrogens with one attached hydrogen (secondary N) is 1. The third-order valence-corrected chi connectivity index (χ3v) is 4.96. The van der Waals surface area contributed by atoms with E-state index in [0.717, 1.165) is 22.2 Å². The summed E-state index contributed by atoms with van der Waals surface area (Å²) in [5.74, 6) is 0.415. The molecule has 0 saturated heterocycles. The molecule has 2 aromatic heterocycles. The standard InChI is InChI=1S/C20H18N4OS/c1-12(2)14-8-9-16-15(10-14)18(19(25)21-16)23-24-20-22-17(11-26-20)13-6-4-3-5-7-13/h3-12,21,25H,1-2H3. The van der Waals surface area contributed by atoms with Crippen LogP contribution >= 0.6 is 11.3 Å². The van der Waals surface area contributed by atoms with Crippen molar-refractivity contribution < 1.29 is 5.11 Å². The second-order valence-electron chi connectivity index (χ2n) is 6.36. The topological polar surface area (TPSA) is 73.6 Å². The highest BCUT2D eigenvalue weighted by Gasteiger charge is 2.12. The molecule has 0 amide bonds. The van der Waals surface area contributed by atoms with E-state index in [1.807, 2.05) is 47.8 Å². The van der Waals surface area contributed by atoms with E-state index in [2.05, 4.69) is 40.1 Å². The molecule has 0 aliphatic rings. The van der Waals surface area contributed by atoms with Gasteiger partial charge in [0.25, 0.3) is 0 Å². The summed E-state index contributed by atoms with van der Waals surface area (Å²) in [7, 11) is 0. The number of aromatic amines is 1. The van der Waals surface area contributed by atoms with Crippen LogP contribution < -0.4 is 0 Å². The molecule has 2 aromatic carbocycles. The van der Waals surface area contributed by atoms with E-state index >= 15 is 0 Å². The Labute approximate surface area is 155 Å². The zero-order valence-corrected chi connectivity index (χ0v) is 15.3. The Kier molecular flexibility index (Phi) is 4.26. The molecule has 5 nitrogen and oxygen atoms in total. The van der Waals surface area contributed by atoms with Gasteiger partial charge in [-0.05, 0) is 23.6 Å². The quantitative estimate of drug-likeness (QED) is 0.405. The van der Waals surface area contributed by atoms with Crippen LogP contribution in [-0.4, -0.2) is 15.1 Å². The first-order valence-electron chi connectivity index (χ1n) is 8.39. The summed E-state index contributed by atoms with van der Waals surface area (Å²) in [6.45, 7) is 4.27. The number of aromatic hydroxyl groups is 1. The minimum Gasteiger partial charge on any atom is -0.493 e. The molecule has 2 N–H and O–H groups in total. The number of thiazole rings is 1. The number of H-pyrrole nitrogens is 1. The summed E-state index contributed by atoms with van der Waals surface area (Å²) in [5, 5.41) is 22.1. The van der Waals surface area contributed by atoms with Gasteiger partial charge in [-0.1, -0.05) is 50.2 Å². The first-order chi connectivity index (χ1) is 12.6. The Morgan fingerprint density at radius 3 is 2.65 bits per heavy atom. The molecule has 2 heterocycles. The smallest absolute Gasteiger partial charge is 0.230 e. The van der Waals surface area contributed by atoms with Crippen molar-refractivity contribution in [3.8, 4) is 17.1 Å². The number of nitrogens with zero attached hydrogens (tertiary/aromatic N) is 3. The number of hydrogen-bond donors (Lipinski definition) is 2. The summed E-state index contributed by atoms with van der Waals surface area (Å²) >= 11 is 1.42. The molecule has 0 aliphatic carbocycles. The van der Waals surface area contributed by atoms with E-state index in [9.17, 15) is 5.11 Å². The summed E-state index contributed by atoms with van der Waals surface area (Å²) in [5.41, 5.74) is 4.38. The van der Waals surface area contributed by atoms with Gasteiger partial charge >= 0.3 is 0 Å². The zero-order chi connectivity index (χ0) is 18.1. The van der Waals surface area contributed by atoms with Crippen LogP contribution in [-0.2, 0) is 0 Å². The maximum Gasteiger partial charge on any atom is 0.230 e. The molecule has 6 heteroatoms. The van der Waals surface area contributed by atoms with Gasteiger partial charge in [-0.3, -0.25) is 0 Å². The first kappa shape index (κ1) is 16.5. The largest absolute Gasteiger partial charge is 0.493 e. The number of rotatable bonds is 4. The molecule has 130 valence electrons. The van der Waals surface area contributed by atoms with E-state index in [0.29, 0.717) is 16.7 Å². The van der Waals surface area contributed by atoms with E-state index in [-0.39, 0.29) is 5.88 Å². The fourth-order valence-electron chi connectivity index (χ4n) is 2.79. The van der Waals surface area contributed by atoms with Gasteiger partial charge in [-0.25, -0.2) is 4.98 Å². The highest BCUT2D eigenvalue weighted by Crippen LogP contribution is 2.38. The van der Waals surface area contributed by atoms with Crippen molar-refractivity contribution in [2.75, 3.05) is 0 Å². The fourth-order valence-corrected chi connectivity index (χ4v) is 3.43. The van der Waals surface area contributed by atoms with Gasteiger partial charge in [0.2, 0.25) is 11.0 Å². The highest BCUT2D eigenvalue weighted by atomic mass is 32.1. The van der Waals surface area contributed by atoms with E-state index in [1.54, 1.807) is 0 Å². The molecule has 0 atom stereocenters. The Morgan fingerprint density at radius 2 is 1.88 bits per heavy atom. The maximum absolute atomic E-state index is 10.2. The second kappa shape index (κ2) is 6.72. The minimum absolute atomic E-state index is 0.0181. The molecule has 4 rings (SSSR count). The van der Waals surface area contributed by atoms with Crippen molar-refractivity contribution in [1.29, 1.82) is 0 Å². The average molecular weight is 362 g/mol. The van der Waals surface area contributed by atoms with Crippen molar-refractivity contribution in [2.24, 2.45) is 10.2 Å². The van der Waals surface area contributed by atoms with Crippen molar-refractivity contribution in [1.82, 2.24) is 9.97 Å². The minimum atomic E-state index is 0.0181. The van der Waals surface area contributed by atoms with E-state index < -0.39 is 0 Å². The molecular formula is C20H18N4OS. The van der Waals surface area contributed by atoms with E-state index in [4.69, 9.17) is 0 Å². The number of azo groups is 1. The van der Waals surface area contributed by atoms with Crippen LogP contribution in [0.15, 0.2) is 64.1 Å². The molecule has 0 unspecified atom stereocenters. The van der Waals surface area contributed by atoms with Gasteiger partial charge in [0.1, 0.15) is 0 Å². The Morgan fingerprint density at radius 1 is 1.08 bits per heavy atom. The molecule has 4 aromatic rings. The lowest BCUT2D eigenvalue weighted by Crippen LogP contribution is -1.85. The fraction of sp³-hybridized carbons (Fsp3) is 0.150. The summed E-state index contributed by atoms with van der Waals surface area (Å²) in [4.78, 5) is 7.45. The number of benzene rings is 2. The Balaban J connectivity index is 1.68. The molecular weight excluding hydrogens is 344 g/mol. The molecule has 0 saturated carbocycles. The highest BCUT2D eigenvalue weighted by molar-refractivity contribution is 7.13. The number of fused-ring (bicyclic) bond motifs is 1. The Bertz CT molecular complexity index is 1080. The van der Waals surface area contributed by atoms with E-state index in [1.165, 1.54) is 16.9 Å². The zero-order valence-electron chi connectivity index (χ0n) is 14.5. The normalized spacial score (nSPS) is 11.8. The molecule has 0 bridgehead atoms. The van der Waals surface area contributed by atoms with Crippen LogP contribution in [0, 0.1) is 0 Å². The molecule has 0 radical (unpaired) electrons. The van der Waals surface area contributed by atoms with Crippen LogP contribution in [0.1, 0.15) is 25.3 Å². The van der Waals surface area contributed by atoms with Gasteiger partial charge < -0.3 is 10.1 Å². The van der Waals surface area contributed by atoms with Crippen LogP contribution in [0.2, 0.25) is 0 Å². The lowest BCUT2D eigenvalue weighted by atomic mass is 10.0. The van der Waals surface area contributed by atoms with Crippen molar-refractivity contribution >= 4 is 33.1 Å². The van der Waals surface area contributed by atoms with Crippen molar-refractivity contribution in [2.45, 2.75) is 19.8 Å². The summed E-state index contributed by atoms with van der Waals surface area (Å²) in [6, 6.07) is 16.0. The predicted octanol–water partition coefficient (Wildman–Crippen LogP) is 6.54. The van der Waals surface area contributed by atoms with Crippen molar-refractivity contribution in [3.63, 3.8) is 0 Å². The summed E-state index contributed by atoms with van der Waals surface area (Å²) in [6.07, 6.45) is 0. The van der Waals surface area contributed by atoms with Crippen molar-refractivity contribution in [3.05, 3.63) is 59.5 Å². The third-order valence-electron chi connectivity index (χ3n) is 4.24. The van der Waals surface area contributed by atoms with Gasteiger partial charge in [-0.2, -0.15) is 0 Å². The third kappa shape index (κ3) is 3.11. The van der Waals surface area contributed by atoms with Crippen LogP contribution in [0.4, 0.5) is 10.8 Å². The monoisotopic (exact) mass is 362 g/mol. The van der Waals surface area contributed by atoms with Crippen LogP contribution in [0.25, 0.3) is 22.2 Å². The molecule has 0 spiro atoms. The first-order valence-corrected chi connectivity index (χ1v) is 9.27. The van der Waals surface area contributed by atoms with Crippen LogP contribution in [0.5, 0.6) is 5.88 Å². The number of hydrogen-bond acceptors (Lipinski definition) is 5. The predicted molar refractivity (Wildman–Crippen MR) is 106 cm³/mol. The molecule has 26 heavy (non-hydrogen) atoms. The Hall–Kier alpha value is -2.99. The molecule has 0 fully saturated rings. The van der Waals surface area contributed by atoms with Gasteiger partial charge in [0.05, 0.1) is 11.2 Å². The lowest BCUT2D eigenvalue weighted by molar-refractivity contribution is 0.459. The lowest BCUT2D eigenvalue weighted by Gasteiger charge is -2.04. The maximum atomic E-state index is 10.2. The van der Waals surface area contributed by atoms with Crippen LogP contribution in [0.3, 0.4) is 0 Å². The number of aromatic nitrogens is 2. The van der Waals surface area contributed by atoms with Gasteiger partial charge in [0, 0.05) is 16.3 Å². The SMILES string of the molecule is CC(C)c1ccc2[nH]c(O)c(N=Nc3nc(-c4ccccc4)cs3)c2c1. The van der Waals surface area contributed by atoms with Gasteiger partial charge in [0.15, 0.2) is 5.69 Å². The average Bonchev–Trinajstić information content (AvgIpc) is 3.24. The van der Waals surface area contributed by atoms with Gasteiger partial charge in [-0.15, -0.1) is 21.6 Å². The summed E-state index contributed by atoms with van der Waals surface area (Å²) < 4.78 is 0.